The standard InChI is InChI=1S/C13H15N5O2S2/c1-18-6-2-3-9(18)11(20)15-10(19)7-21-13-17-16-12(22-13)14-8-4-5-8/h2-3,6,8H,4-5,7H2,1H3,(H,14,16)(H,15,19,20). The normalized spacial score (nSPS) is 13.9. The Balaban J connectivity index is 1.46. The van der Waals surface area contributed by atoms with Crippen molar-refractivity contribution in [3.63, 3.8) is 0 Å². The third-order valence-corrected chi connectivity index (χ3v) is 5.06. The number of aromatic nitrogens is 3. The molecule has 0 aliphatic heterocycles. The number of imide groups is 1. The minimum absolute atomic E-state index is 0.133. The van der Waals surface area contributed by atoms with Crippen LogP contribution in [0.4, 0.5) is 5.13 Å². The zero-order chi connectivity index (χ0) is 15.5. The average Bonchev–Trinajstić information content (AvgIpc) is 3.00. The van der Waals surface area contributed by atoms with Gasteiger partial charge in [-0.25, -0.2) is 0 Å². The van der Waals surface area contributed by atoms with Crippen LogP contribution in [0.25, 0.3) is 0 Å². The van der Waals surface area contributed by atoms with Gasteiger partial charge in [0.05, 0.1) is 5.75 Å². The first-order chi connectivity index (χ1) is 10.6. The molecule has 2 aromatic rings. The molecule has 0 unspecified atom stereocenters. The van der Waals surface area contributed by atoms with E-state index in [1.54, 1.807) is 29.9 Å². The van der Waals surface area contributed by atoms with Gasteiger partial charge in [0.2, 0.25) is 11.0 Å². The molecule has 3 rings (SSSR count). The number of thioether (sulfide) groups is 1. The zero-order valence-corrected chi connectivity index (χ0v) is 13.5. The van der Waals surface area contributed by atoms with Crippen LogP contribution in [-0.2, 0) is 11.8 Å². The Morgan fingerprint density at radius 1 is 1.45 bits per heavy atom. The average molecular weight is 337 g/mol. The maximum Gasteiger partial charge on any atom is 0.274 e. The summed E-state index contributed by atoms with van der Waals surface area (Å²) in [7, 11) is 1.75. The number of nitrogens with one attached hydrogen (secondary N) is 2. The van der Waals surface area contributed by atoms with Crippen molar-refractivity contribution in [3.05, 3.63) is 24.0 Å². The number of rotatable bonds is 6. The summed E-state index contributed by atoms with van der Waals surface area (Å²) >= 11 is 2.70. The van der Waals surface area contributed by atoms with Crippen molar-refractivity contribution in [3.8, 4) is 0 Å². The highest BCUT2D eigenvalue weighted by molar-refractivity contribution is 8.01. The third-order valence-electron chi connectivity index (χ3n) is 3.07. The van der Waals surface area contributed by atoms with E-state index in [9.17, 15) is 9.59 Å². The Morgan fingerprint density at radius 2 is 2.27 bits per heavy atom. The van der Waals surface area contributed by atoms with Crippen molar-refractivity contribution in [1.29, 1.82) is 0 Å². The van der Waals surface area contributed by atoms with E-state index in [4.69, 9.17) is 0 Å². The SMILES string of the molecule is Cn1cccc1C(=O)NC(=O)CSc1nnc(NC2CC2)s1. The Morgan fingerprint density at radius 3 is 2.95 bits per heavy atom. The van der Waals surface area contributed by atoms with Gasteiger partial charge >= 0.3 is 0 Å². The van der Waals surface area contributed by atoms with E-state index in [1.165, 1.54) is 35.9 Å². The molecule has 116 valence electrons. The molecular formula is C13H15N5O2S2. The molecular weight excluding hydrogens is 322 g/mol. The van der Waals surface area contributed by atoms with Gasteiger partial charge in [-0.05, 0) is 25.0 Å². The van der Waals surface area contributed by atoms with Crippen molar-refractivity contribution >= 4 is 40.0 Å². The van der Waals surface area contributed by atoms with Gasteiger partial charge in [0.25, 0.3) is 5.91 Å². The number of carbonyl (C=O) groups is 2. The van der Waals surface area contributed by atoms with Crippen molar-refractivity contribution in [2.45, 2.75) is 23.2 Å². The molecule has 1 aliphatic rings. The largest absolute Gasteiger partial charge is 0.357 e. The highest BCUT2D eigenvalue weighted by Gasteiger charge is 2.22. The van der Waals surface area contributed by atoms with Crippen molar-refractivity contribution < 1.29 is 9.59 Å². The fourth-order valence-electron chi connectivity index (χ4n) is 1.78. The van der Waals surface area contributed by atoms with Gasteiger partial charge in [0, 0.05) is 19.3 Å². The number of nitrogens with zero attached hydrogens (tertiary/aromatic N) is 3. The molecule has 2 heterocycles. The molecule has 2 N–H and O–H groups in total. The monoisotopic (exact) mass is 337 g/mol. The molecule has 1 fully saturated rings. The topological polar surface area (TPSA) is 88.9 Å². The molecule has 2 aromatic heterocycles. The minimum Gasteiger partial charge on any atom is -0.357 e. The molecule has 0 atom stereocenters. The molecule has 0 aromatic carbocycles. The minimum atomic E-state index is -0.397. The molecule has 7 nitrogen and oxygen atoms in total. The summed E-state index contributed by atoms with van der Waals surface area (Å²) in [5.74, 6) is -0.608. The van der Waals surface area contributed by atoms with Crippen LogP contribution in [0.5, 0.6) is 0 Å². The van der Waals surface area contributed by atoms with E-state index in [0.29, 0.717) is 16.1 Å². The highest BCUT2D eigenvalue weighted by atomic mass is 32.2. The van der Waals surface area contributed by atoms with Crippen molar-refractivity contribution in [1.82, 2.24) is 20.1 Å². The van der Waals surface area contributed by atoms with Gasteiger partial charge in [-0.2, -0.15) is 0 Å². The number of carbonyl (C=O) groups excluding carboxylic acids is 2. The van der Waals surface area contributed by atoms with E-state index >= 15 is 0 Å². The Bertz CT molecular complexity index is 692. The lowest BCUT2D eigenvalue weighted by molar-refractivity contribution is -0.117. The zero-order valence-electron chi connectivity index (χ0n) is 11.9. The second-order valence-electron chi connectivity index (χ2n) is 4.96. The van der Waals surface area contributed by atoms with Gasteiger partial charge in [-0.1, -0.05) is 23.1 Å². The van der Waals surface area contributed by atoms with E-state index < -0.39 is 5.91 Å². The lowest BCUT2D eigenvalue weighted by Gasteiger charge is -2.04. The van der Waals surface area contributed by atoms with Crippen LogP contribution in [0.3, 0.4) is 0 Å². The number of aryl methyl sites for hydroxylation is 1. The number of amides is 2. The summed E-state index contributed by atoms with van der Waals surface area (Å²) in [6.45, 7) is 0. The fourth-order valence-corrected chi connectivity index (χ4v) is 3.41. The lowest BCUT2D eigenvalue weighted by Crippen LogP contribution is -2.32. The van der Waals surface area contributed by atoms with Crippen LogP contribution in [-0.4, -0.2) is 38.4 Å². The predicted octanol–water partition coefficient (Wildman–Crippen LogP) is 1.50. The quantitative estimate of drug-likeness (QED) is 0.777. The number of hydrogen-bond acceptors (Lipinski definition) is 7. The summed E-state index contributed by atoms with van der Waals surface area (Å²) in [4.78, 5) is 23.7. The molecule has 1 saturated carbocycles. The van der Waals surface area contributed by atoms with Crippen LogP contribution in [0, 0.1) is 0 Å². The molecule has 9 heteroatoms. The maximum atomic E-state index is 11.9. The van der Waals surface area contributed by atoms with Gasteiger partial charge in [-0.3, -0.25) is 14.9 Å². The molecule has 1 aliphatic carbocycles. The van der Waals surface area contributed by atoms with Crippen LogP contribution < -0.4 is 10.6 Å². The van der Waals surface area contributed by atoms with Crippen LogP contribution in [0.1, 0.15) is 23.3 Å². The smallest absolute Gasteiger partial charge is 0.274 e. The summed E-state index contributed by atoms with van der Waals surface area (Å²) in [6.07, 6.45) is 4.10. The van der Waals surface area contributed by atoms with E-state index in [2.05, 4.69) is 20.8 Å². The third kappa shape index (κ3) is 3.86. The van der Waals surface area contributed by atoms with Gasteiger partial charge in [0.1, 0.15) is 5.69 Å². The molecule has 0 spiro atoms. The van der Waals surface area contributed by atoms with Gasteiger partial charge < -0.3 is 9.88 Å². The maximum absolute atomic E-state index is 11.9. The van der Waals surface area contributed by atoms with Gasteiger partial charge in [-0.15, -0.1) is 10.2 Å². The summed E-state index contributed by atoms with van der Waals surface area (Å²) < 4.78 is 2.38. The molecule has 0 saturated heterocycles. The fraction of sp³-hybridized carbons (Fsp3) is 0.385. The van der Waals surface area contributed by atoms with Crippen molar-refractivity contribution in [2.24, 2.45) is 7.05 Å². The van der Waals surface area contributed by atoms with Crippen molar-refractivity contribution in [2.75, 3.05) is 11.1 Å². The number of anilines is 1. The highest BCUT2D eigenvalue weighted by Crippen LogP contribution is 2.29. The van der Waals surface area contributed by atoms with E-state index in [1.807, 2.05) is 0 Å². The first-order valence-corrected chi connectivity index (χ1v) is 8.60. The van der Waals surface area contributed by atoms with E-state index in [0.717, 1.165) is 5.13 Å². The predicted molar refractivity (Wildman–Crippen MR) is 85.2 cm³/mol. The lowest BCUT2D eigenvalue weighted by atomic mass is 10.4. The van der Waals surface area contributed by atoms with Crippen LogP contribution >= 0.6 is 23.1 Å². The number of hydrogen-bond donors (Lipinski definition) is 2. The van der Waals surface area contributed by atoms with E-state index in [-0.39, 0.29) is 11.7 Å². The van der Waals surface area contributed by atoms with Gasteiger partial charge in [0.15, 0.2) is 4.34 Å². The molecule has 22 heavy (non-hydrogen) atoms. The molecule has 0 radical (unpaired) electrons. The summed E-state index contributed by atoms with van der Waals surface area (Å²) in [5.41, 5.74) is 0.449. The molecule has 0 bridgehead atoms. The first kappa shape index (κ1) is 15.0. The second-order valence-corrected chi connectivity index (χ2v) is 7.16. The van der Waals surface area contributed by atoms with Crippen LogP contribution in [0.15, 0.2) is 22.7 Å². The second kappa shape index (κ2) is 6.49. The summed E-state index contributed by atoms with van der Waals surface area (Å²) in [5, 5.41) is 14.4. The van der Waals surface area contributed by atoms with Crippen LogP contribution in [0.2, 0.25) is 0 Å². The summed E-state index contributed by atoms with van der Waals surface area (Å²) in [6, 6.07) is 3.94. The Hall–Kier alpha value is -1.87. The first-order valence-electron chi connectivity index (χ1n) is 6.80. The Kier molecular flexibility index (Phi) is 4.44. The Labute approximate surface area is 135 Å². The molecule has 2 amide bonds.